The molecular formula is C16H23NO6. The predicted molar refractivity (Wildman–Crippen MR) is 82.4 cm³/mol. The molecule has 23 heavy (non-hydrogen) atoms. The van der Waals surface area contributed by atoms with Gasteiger partial charge in [-0.05, 0) is 34.6 Å². The van der Waals surface area contributed by atoms with Gasteiger partial charge < -0.3 is 19.2 Å². The van der Waals surface area contributed by atoms with E-state index in [0.717, 1.165) is 0 Å². The topological polar surface area (TPSA) is 94.7 Å². The molecule has 1 aromatic rings. The van der Waals surface area contributed by atoms with E-state index in [4.69, 9.17) is 9.47 Å². The molecule has 128 valence electrons. The van der Waals surface area contributed by atoms with E-state index in [1.165, 1.54) is 7.11 Å². The third-order valence-electron chi connectivity index (χ3n) is 2.92. The summed E-state index contributed by atoms with van der Waals surface area (Å²) in [6.45, 7) is 8.68. The highest BCUT2D eigenvalue weighted by molar-refractivity contribution is 6.00. The summed E-state index contributed by atoms with van der Waals surface area (Å²) < 4.78 is 14.9. The number of carbonyl (C=O) groups is 3. The summed E-state index contributed by atoms with van der Waals surface area (Å²) in [6.07, 6.45) is -0.233. The molecule has 1 N–H and O–H groups in total. The van der Waals surface area contributed by atoms with Crippen LogP contribution in [0.2, 0.25) is 0 Å². The van der Waals surface area contributed by atoms with Crippen LogP contribution in [-0.4, -0.2) is 42.2 Å². The number of hydrogen-bond donors (Lipinski definition) is 1. The van der Waals surface area contributed by atoms with E-state index in [9.17, 15) is 14.4 Å². The number of nitrogens with one attached hydrogen (secondary N) is 1. The van der Waals surface area contributed by atoms with E-state index in [1.807, 2.05) is 0 Å². The van der Waals surface area contributed by atoms with Crippen LogP contribution in [0.25, 0.3) is 0 Å². The van der Waals surface area contributed by atoms with Crippen LogP contribution >= 0.6 is 0 Å². The van der Waals surface area contributed by atoms with Gasteiger partial charge in [0, 0.05) is 11.3 Å². The van der Waals surface area contributed by atoms with Crippen molar-refractivity contribution in [2.45, 2.75) is 46.6 Å². The number of H-pyrrole nitrogens is 1. The zero-order valence-corrected chi connectivity index (χ0v) is 14.4. The van der Waals surface area contributed by atoms with Crippen molar-refractivity contribution in [2.24, 2.45) is 0 Å². The average Bonchev–Trinajstić information content (AvgIpc) is 2.73. The average molecular weight is 325 g/mol. The highest BCUT2D eigenvalue weighted by atomic mass is 16.6. The van der Waals surface area contributed by atoms with Crippen LogP contribution < -0.4 is 0 Å². The molecule has 1 rings (SSSR count). The molecule has 0 fully saturated rings. The minimum Gasteiger partial charge on any atom is -0.469 e. The summed E-state index contributed by atoms with van der Waals surface area (Å²) in [7, 11) is 1.24. The molecule has 0 aliphatic carbocycles. The lowest BCUT2D eigenvalue weighted by molar-refractivity contribution is -0.139. The Hall–Kier alpha value is -2.31. The lowest BCUT2D eigenvalue weighted by Gasteiger charge is -2.20. The minimum atomic E-state index is -0.701. The molecule has 0 atom stereocenters. The molecule has 0 aliphatic rings. The lowest BCUT2D eigenvalue weighted by atomic mass is 10.0. The first kappa shape index (κ1) is 18.7. The van der Waals surface area contributed by atoms with Gasteiger partial charge in [-0.3, -0.25) is 4.79 Å². The first-order chi connectivity index (χ1) is 10.6. The third-order valence-corrected chi connectivity index (χ3v) is 2.92. The van der Waals surface area contributed by atoms with Gasteiger partial charge in [-0.1, -0.05) is 0 Å². The molecule has 0 amide bonds. The van der Waals surface area contributed by atoms with Crippen LogP contribution in [0.15, 0.2) is 0 Å². The maximum atomic E-state index is 12.4. The standard InChI is InChI=1S/C16H23NO6/c1-7-22-15(20)13-10(8-11(18)21-6)12(9(2)17-13)14(19)23-16(3,4)5/h17H,7-8H2,1-6H3. The Bertz CT molecular complexity index is 609. The van der Waals surface area contributed by atoms with Crippen LogP contribution in [0.1, 0.15) is 59.8 Å². The van der Waals surface area contributed by atoms with Gasteiger partial charge in [0.25, 0.3) is 0 Å². The van der Waals surface area contributed by atoms with E-state index in [1.54, 1.807) is 34.6 Å². The summed E-state index contributed by atoms with van der Waals surface area (Å²) in [5.74, 6) is -1.82. The van der Waals surface area contributed by atoms with Crippen molar-refractivity contribution in [3.05, 3.63) is 22.5 Å². The number of carbonyl (C=O) groups excluding carboxylic acids is 3. The largest absolute Gasteiger partial charge is 0.469 e. The number of aryl methyl sites for hydroxylation is 1. The van der Waals surface area contributed by atoms with Gasteiger partial charge in [-0.2, -0.15) is 0 Å². The van der Waals surface area contributed by atoms with Crippen molar-refractivity contribution >= 4 is 17.9 Å². The molecule has 1 aromatic heterocycles. The monoisotopic (exact) mass is 325 g/mol. The van der Waals surface area contributed by atoms with Gasteiger partial charge >= 0.3 is 17.9 Å². The minimum absolute atomic E-state index is 0.0654. The molecule has 0 spiro atoms. The fourth-order valence-corrected chi connectivity index (χ4v) is 2.05. The Morgan fingerprint density at radius 1 is 1.13 bits per heavy atom. The number of rotatable bonds is 5. The Kier molecular flexibility index (Phi) is 5.95. The van der Waals surface area contributed by atoms with E-state index >= 15 is 0 Å². The maximum absolute atomic E-state index is 12.4. The number of methoxy groups -OCH3 is 1. The fraction of sp³-hybridized carbons (Fsp3) is 0.562. The Morgan fingerprint density at radius 3 is 2.22 bits per heavy atom. The summed E-state index contributed by atoms with van der Waals surface area (Å²) in [6, 6.07) is 0. The van der Waals surface area contributed by atoms with Gasteiger partial charge in [0.05, 0.1) is 25.7 Å². The summed E-state index contributed by atoms with van der Waals surface area (Å²) in [5, 5.41) is 0. The van der Waals surface area contributed by atoms with Gasteiger partial charge in [0.15, 0.2) is 0 Å². The molecule has 0 aromatic carbocycles. The zero-order chi connectivity index (χ0) is 17.8. The van der Waals surface area contributed by atoms with Crippen molar-refractivity contribution in [1.29, 1.82) is 0 Å². The van der Waals surface area contributed by atoms with Crippen LogP contribution in [0.5, 0.6) is 0 Å². The second kappa shape index (κ2) is 7.30. The summed E-state index contributed by atoms with van der Waals surface area (Å²) >= 11 is 0. The number of hydrogen-bond acceptors (Lipinski definition) is 6. The van der Waals surface area contributed by atoms with Crippen molar-refractivity contribution in [1.82, 2.24) is 4.98 Å². The highest BCUT2D eigenvalue weighted by Crippen LogP contribution is 2.24. The zero-order valence-electron chi connectivity index (χ0n) is 14.4. The number of ether oxygens (including phenoxy) is 3. The van der Waals surface area contributed by atoms with Crippen molar-refractivity contribution in [2.75, 3.05) is 13.7 Å². The van der Waals surface area contributed by atoms with Crippen molar-refractivity contribution in [3.8, 4) is 0 Å². The number of esters is 3. The maximum Gasteiger partial charge on any atom is 0.355 e. The van der Waals surface area contributed by atoms with E-state index < -0.39 is 23.5 Å². The summed E-state index contributed by atoms with van der Waals surface area (Å²) in [5.41, 5.74) is 0.181. The second-order valence-corrected chi connectivity index (χ2v) is 5.95. The van der Waals surface area contributed by atoms with E-state index in [2.05, 4.69) is 9.72 Å². The van der Waals surface area contributed by atoms with Crippen LogP contribution in [0, 0.1) is 6.92 Å². The highest BCUT2D eigenvalue weighted by Gasteiger charge is 2.30. The molecule has 0 unspecified atom stereocenters. The van der Waals surface area contributed by atoms with Crippen LogP contribution in [0.4, 0.5) is 0 Å². The Labute approximate surface area is 135 Å². The van der Waals surface area contributed by atoms with Crippen molar-refractivity contribution in [3.63, 3.8) is 0 Å². The Balaban J connectivity index is 3.35. The van der Waals surface area contributed by atoms with Gasteiger partial charge in [0.1, 0.15) is 11.3 Å². The van der Waals surface area contributed by atoms with Gasteiger partial charge in [-0.25, -0.2) is 9.59 Å². The molecule has 0 radical (unpaired) electrons. The number of aromatic nitrogens is 1. The third kappa shape index (κ3) is 4.84. The van der Waals surface area contributed by atoms with Gasteiger partial charge in [-0.15, -0.1) is 0 Å². The first-order valence-electron chi connectivity index (χ1n) is 7.29. The lowest BCUT2D eigenvalue weighted by Crippen LogP contribution is -2.25. The van der Waals surface area contributed by atoms with Crippen molar-refractivity contribution < 1.29 is 28.6 Å². The molecular weight excluding hydrogens is 302 g/mol. The first-order valence-corrected chi connectivity index (χ1v) is 7.29. The predicted octanol–water partition coefficient (Wildman–Crippen LogP) is 2.17. The molecule has 0 saturated heterocycles. The molecule has 7 heteroatoms. The molecule has 0 bridgehead atoms. The van der Waals surface area contributed by atoms with E-state index in [-0.39, 0.29) is 29.8 Å². The quantitative estimate of drug-likeness (QED) is 0.658. The smallest absolute Gasteiger partial charge is 0.355 e. The van der Waals surface area contributed by atoms with Crippen LogP contribution in [-0.2, 0) is 25.4 Å². The molecule has 1 heterocycles. The molecule has 0 aliphatic heterocycles. The SMILES string of the molecule is CCOC(=O)c1[nH]c(C)c(C(=O)OC(C)(C)C)c1CC(=O)OC. The van der Waals surface area contributed by atoms with E-state index in [0.29, 0.717) is 5.69 Å². The second-order valence-electron chi connectivity index (χ2n) is 5.95. The number of aromatic amines is 1. The summed E-state index contributed by atoms with van der Waals surface area (Å²) in [4.78, 5) is 38.9. The molecule has 7 nitrogen and oxygen atoms in total. The normalized spacial score (nSPS) is 11.0. The fourth-order valence-electron chi connectivity index (χ4n) is 2.05. The van der Waals surface area contributed by atoms with Crippen LogP contribution in [0.3, 0.4) is 0 Å². The van der Waals surface area contributed by atoms with Gasteiger partial charge in [0.2, 0.25) is 0 Å². The Morgan fingerprint density at radius 2 is 1.74 bits per heavy atom. The molecule has 0 saturated carbocycles.